The molecule has 1 fully saturated rings. The Labute approximate surface area is 85.6 Å². The number of hydrogen-bond donors (Lipinski definition) is 0. The fraction of sp³-hybridized carbons (Fsp3) is 0.800. The molecule has 1 aliphatic heterocycles. The van der Waals surface area contributed by atoms with Crippen LogP contribution < -0.4 is 0 Å². The Bertz CT molecular complexity index is 255. The number of ether oxygens (including phenoxy) is 1. The van der Waals surface area contributed by atoms with Gasteiger partial charge >= 0.3 is 6.09 Å². The molecule has 0 aromatic carbocycles. The van der Waals surface area contributed by atoms with E-state index in [1.165, 1.54) is 4.90 Å². The summed E-state index contributed by atoms with van der Waals surface area (Å²) in [6, 6.07) is -0.348. The normalized spacial score (nSPS) is 23.1. The molecule has 1 heterocycles. The van der Waals surface area contributed by atoms with Crippen molar-refractivity contribution in [3.63, 3.8) is 0 Å². The molecule has 0 N–H and O–H groups in total. The number of carbonyl (C=O) groups excluding carboxylic acids is 2. The summed E-state index contributed by atoms with van der Waals surface area (Å²) in [5.41, 5.74) is -0.785. The highest BCUT2D eigenvalue weighted by Gasteiger charge is 2.31. The Morgan fingerprint density at radius 1 is 1.71 bits per heavy atom. The average molecular weight is 200 g/mol. The summed E-state index contributed by atoms with van der Waals surface area (Å²) >= 11 is 0. The monoisotopic (exact) mass is 200 g/mol. The van der Waals surface area contributed by atoms with E-state index >= 15 is 0 Å². The minimum Gasteiger partial charge on any atom is -0.444 e. The molecule has 4 heteroatoms. The molecular weight excluding hydrogens is 182 g/mol. The van der Waals surface area contributed by atoms with Gasteiger partial charge in [0.05, 0.1) is 6.04 Å². The van der Waals surface area contributed by atoms with Gasteiger partial charge in [-0.05, 0) is 33.6 Å². The Morgan fingerprint density at radius 3 is 3.00 bits per heavy atom. The molecule has 1 rings (SSSR count). The number of likely N-dealkylation sites (tertiary alicyclic amines) is 1. The molecule has 0 unspecified atom stereocenters. The highest BCUT2D eigenvalue weighted by molar-refractivity contribution is 5.74. The van der Waals surface area contributed by atoms with Crippen LogP contribution in [0.2, 0.25) is 0 Å². The molecule has 1 amide bonds. The van der Waals surface area contributed by atoms with E-state index in [1.807, 2.05) is 0 Å². The minimum absolute atomic E-state index is 0.0122. The Hall–Kier alpha value is -1.06. The maximum Gasteiger partial charge on any atom is 0.410 e. The van der Waals surface area contributed by atoms with Crippen LogP contribution in [0, 0.1) is 0 Å². The molecule has 14 heavy (non-hydrogen) atoms. The van der Waals surface area contributed by atoms with Gasteiger partial charge in [0, 0.05) is 7.92 Å². The smallest absolute Gasteiger partial charge is 0.410 e. The second-order valence-corrected chi connectivity index (χ2v) is 4.17. The maximum atomic E-state index is 11.7. The van der Waals surface area contributed by atoms with Crippen molar-refractivity contribution in [1.82, 2.24) is 4.90 Å². The lowest BCUT2D eigenvalue weighted by Gasteiger charge is -2.26. The number of rotatable bonds is 1. The summed E-state index contributed by atoms with van der Waals surface area (Å²) in [5, 5.41) is 0. The standard InChI is InChI=1S/C10H17NO3/c1-10(2,3)14-9(13)11-6-4-5-8(11)7-12/h7-8H,4-6H2,1-3H3/t8-/m0/s1/i1D. The van der Waals surface area contributed by atoms with Crippen LogP contribution in [0.4, 0.5) is 4.79 Å². The Kier molecular flexibility index (Phi) is 2.70. The first-order valence-corrected chi connectivity index (χ1v) is 4.74. The second kappa shape index (κ2) is 3.98. The predicted molar refractivity (Wildman–Crippen MR) is 52.0 cm³/mol. The molecule has 80 valence electrons. The second-order valence-electron chi connectivity index (χ2n) is 4.17. The van der Waals surface area contributed by atoms with Crippen molar-refractivity contribution >= 4 is 12.4 Å². The van der Waals surface area contributed by atoms with Gasteiger partial charge in [-0.2, -0.15) is 0 Å². The average Bonchev–Trinajstić information content (AvgIpc) is 2.64. The van der Waals surface area contributed by atoms with Crippen molar-refractivity contribution in [2.45, 2.75) is 45.2 Å². The van der Waals surface area contributed by atoms with E-state index in [4.69, 9.17) is 6.11 Å². The van der Waals surface area contributed by atoms with E-state index in [0.29, 0.717) is 13.0 Å². The van der Waals surface area contributed by atoms with E-state index in [9.17, 15) is 9.59 Å². The fourth-order valence-corrected chi connectivity index (χ4v) is 1.46. The van der Waals surface area contributed by atoms with Gasteiger partial charge < -0.3 is 9.53 Å². The van der Waals surface area contributed by atoms with Gasteiger partial charge in [0.25, 0.3) is 0 Å². The van der Waals surface area contributed by atoms with Crippen LogP contribution in [-0.4, -0.2) is 35.5 Å². The van der Waals surface area contributed by atoms with Crippen LogP contribution in [0.25, 0.3) is 0 Å². The summed E-state index contributed by atoms with van der Waals surface area (Å²) in [7, 11) is 0. The van der Waals surface area contributed by atoms with Gasteiger partial charge in [0.15, 0.2) is 0 Å². The number of amides is 1. The van der Waals surface area contributed by atoms with Gasteiger partial charge in [-0.1, -0.05) is 0 Å². The molecule has 1 atom stereocenters. The first kappa shape index (κ1) is 9.49. The molecule has 0 spiro atoms. The third-order valence-corrected chi connectivity index (χ3v) is 2.05. The molecule has 0 aliphatic carbocycles. The molecule has 0 bridgehead atoms. The van der Waals surface area contributed by atoms with Crippen LogP contribution in [0.3, 0.4) is 0 Å². The van der Waals surface area contributed by atoms with Crippen molar-refractivity contribution in [2.24, 2.45) is 0 Å². The van der Waals surface area contributed by atoms with Gasteiger partial charge in [0.2, 0.25) is 0 Å². The zero-order valence-corrected chi connectivity index (χ0v) is 8.66. The third kappa shape index (κ3) is 2.72. The first-order chi connectivity index (χ1) is 7.00. The summed E-state index contributed by atoms with van der Waals surface area (Å²) in [5.74, 6) is 0. The van der Waals surface area contributed by atoms with Crippen LogP contribution in [0.1, 0.15) is 35.0 Å². The number of carbonyl (C=O) groups is 2. The van der Waals surface area contributed by atoms with Crippen LogP contribution in [-0.2, 0) is 9.53 Å². The van der Waals surface area contributed by atoms with Gasteiger partial charge in [-0.15, -0.1) is 0 Å². The molecule has 0 radical (unpaired) electrons. The molecule has 4 nitrogen and oxygen atoms in total. The molecule has 0 aromatic heterocycles. The van der Waals surface area contributed by atoms with Gasteiger partial charge in [0.1, 0.15) is 11.9 Å². The molecule has 0 saturated carbocycles. The van der Waals surface area contributed by atoms with E-state index in [1.54, 1.807) is 13.8 Å². The SMILES string of the molecule is [2H]CC(C)(C)OC(=O)N1CCC[C@H]1C=O. The van der Waals surface area contributed by atoms with Crippen molar-refractivity contribution < 1.29 is 15.7 Å². The highest BCUT2D eigenvalue weighted by Crippen LogP contribution is 2.19. The minimum atomic E-state index is -0.785. The number of hydrogen-bond acceptors (Lipinski definition) is 3. The maximum absolute atomic E-state index is 11.7. The quantitative estimate of drug-likeness (QED) is 0.604. The molecule has 0 aromatic rings. The predicted octanol–water partition coefficient (Wildman–Crippen LogP) is 1.58. The molecule has 1 saturated heterocycles. The van der Waals surface area contributed by atoms with Crippen LogP contribution >= 0.6 is 0 Å². The summed E-state index contributed by atoms with van der Waals surface area (Å²) in [6.45, 7) is 3.95. The fourth-order valence-electron chi connectivity index (χ4n) is 1.46. The third-order valence-electron chi connectivity index (χ3n) is 2.05. The van der Waals surface area contributed by atoms with E-state index in [-0.39, 0.29) is 12.9 Å². The van der Waals surface area contributed by atoms with Crippen LogP contribution in [0.5, 0.6) is 0 Å². The van der Waals surface area contributed by atoms with Crippen LogP contribution in [0.15, 0.2) is 0 Å². The lowest BCUT2D eigenvalue weighted by molar-refractivity contribution is -0.111. The highest BCUT2D eigenvalue weighted by atomic mass is 16.6. The lowest BCUT2D eigenvalue weighted by atomic mass is 10.2. The lowest BCUT2D eigenvalue weighted by Crippen LogP contribution is -2.40. The first-order valence-electron chi connectivity index (χ1n) is 5.45. The van der Waals surface area contributed by atoms with E-state index in [0.717, 1.165) is 12.7 Å². The van der Waals surface area contributed by atoms with Crippen molar-refractivity contribution in [1.29, 1.82) is 0 Å². The van der Waals surface area contributed by atoms with Crippen molar-refractivity contribution in [2.75, 3.05) is 6.54 Å². The number of nitrogens with zero attached hydrogens (tertiary/aromatic N) is 1. The zero-order valence-electron chi connectivity index (χ0n) is 9.66. The van der Waals surface area contributed by atoms with E-state index < -0.39 is 11.7 Å². The van der Waals surface area contributed by atoms with Gasteiger partial charge in [-0.25, -0.2) is 4.79 Å². The topological polar surface area (TPSA) is 46.6 Å². The van der Waals surface area contributed by atoms with E-state index in [2.05, 4.69) is 0 Å². The van der Waals surface area contributed by atoms with Crippen molar-refractivity contribution in [3.05, 3.63) is 0 Å². The van der Waals surface area contributed by atoms with Crippen molar-refractivity contribution in [3.8, 4) is 0 Å². The zero-order chi connectivity index (χ0) is 11.5. The summed E-state index contributed by atoms with van der Waals surface area (Å²) in [4.78, 5) is 23.8. The Balaban J connectivity index is 2.57. The Morgan fingerprint density at radius 2 is 2.43 bits per heavy atom. The molecule has 1 aliphatic rings. The molecular formula is C10H17NO3. The largest absolute Gasteiger partial charge is 0.444 e. The number of aldehydes is 1. The van der Waals surface area contributed by atoms with Gasteiger partial charge in [-0.3, -0.25) is 4.90 Å². The summed E-state index contributed by atoms with van der Waals surface area (Å²) < 4.78 is 12.3. The summed E-state index contributed by atoms with van der Waals surface area (Å²) in [6.07, 6.45) is 1.84.